The molecule has 0 saturated carbocycles. The third-order valence-electron chi connectivity index (χ3n) is 4.39. The molecule has 0 aliphatic carbocycles. The summed E-state index contributed by atoms with van der Waals surface area (Å²) in [5, 5.41) is 1.16. The summed E-state index contributed by atoms with van der Waals surface area (Å²) in [4.78, 5) is 12.7. The van der Waals surface area contributed by atoms with Gasteiger partial charge >= 0.3 is 0 Å². The van der Waals surface area contributed by atoms with E-state index >= 15 is 0 Å². The van der Waals surface area contributed by atoms with Crippen LogP contribution in [0.3, 0.4) is 0 Å². The number of aryl methyl sites for hydroxylation is 2. The van der Waals surface area contributed by atoms with Crippen LogP contribution in [-0.2, 0) is 6.61 Å². The predicted molar refractivity (Wildman–Crippen MR) is 107 cm³/mol. The molecule has 0 bridgehead atoms. The molecule has 0 N–H and O–H groups in total. The van der Waals surface area contributed by atoms with Gasteiger partial charge in [-0.05, 0) is 32.0 Å². The lowest BCUT2D eigenvalue weighted by molar-refractivity contribution is 0.309. The maximum atomic E-state index is 14.8. The Morgan fingerprint density at radius 3 is 2.57 bits per heavy atom. The van der Waals surface area contributed by atoms with Gasteiger partial charge in [-0.25, -0.2) is 14.4 Å². The standard InChI is InChI=1S/C20H15Cl2FN4O/c1-11-7-17(27-6-5-25-12(27)2)19-16(23)3-4-18(20(19)26-11)28-10-13-14(21)8-24-9-15(13)22/h3-9H,10H2,1-2H3. The number of rotatable bonds is 4. The fraction of sp³-hybridized carbons (Fsp3) is 0.150. The fourth-order valence-corrected chi connectivity index (χ4v) is 3.52. The van der Waals surface area contributed by atoms with Crippen molar-refractivity contribution in [1.29, 1.82) is 0 Å². The van der Waals surface area contributed by atoms with Gasteiger partial charge in [0.15, 0.2) is 0 Å². The number of imidazole rings is 1. The highest BCUT2D eigenvalue weighted by molar-refractivity contribution is 6.35. The summed E-state index contributed by atoms with van der Waals surface area (Å²) in [5.74, 6) is 0.786. The second-order valence-electron chi connectivity index (χ2n) is 6.27. The topological polar surface area (TPSA) is 52.8 Å². The van der Waals surface area contributed by atoms with Crippen LogP contribution in [0.5, 0.6) is 5.75 Å². The van der Waals surface area contributed by atoms with Crippen molar-refractivity contribution in [3.05, 3.63) is 75.9 Å². The van der Waals surface area contributed by atoms with Crippen molar-refractivity contribution in [3.8, 4) is 11.4 Å². The average molecular weight is 417 g/mol. The molecule has 0 unspecified atom stereocenters. The minimum Gasteiger partial charge on any atom is -0.487 e. The van der Waals surface area contributed by atoms with Crippen molar-refractivity contribution in [3.63, 3.8) is 0 Å². The van der Waals surface area contributed by atoms with Gasteiger partial charge in [0, 0.05) is 36.0 Å². The fourth-order valence-electron chi connectivity index (χ4n) is 3.05. The molecule has 5 nitrogen and oxygen atoms in total. The Morgan fingerprint density at radius 1 is 1.14 bits per heavy atom. The van der Waals surface area contributed by atoms with Crippen LogP contribution >= 0.6 is 23.2 Å². The quantitative estimate of drug-likeness (QED) is 0.443. The van der Waals surface area contributed by atoms with Gasteiger partial charge in [-0.1, -0.05) is 23.2 Å². The molecule has 8 heteroatoms. The lowest BCUT2D eigenvalue weighted by atomic mass is 10.1. The Morgan fingerprint density at radius 2 is 1.89 bits per heavy atom. The Kier molecular flexibility index (Phi) is 4.91. The van der Waals surface area contributed by atoms with Gasteiger partial charge in [0.2, 0.25) is 0 Å². The lowest BCUT2D eigenvalue weighted by Crippen LogP contribution is -2.04. The van der Waals surface area contributed by atoms with E-state index in [1.807, 2.05) is 24.5 Å². The van der Waals surface area contributed by atoms with Crippen LogP contribution in [0, 0.1) is 19.7 Å². The molecular weight excluding hydrogens is 402 g/mol. The van der Waals surface area contributed by atoms with Crippen molar-refractivity contribution in [2.24, 2.45) is 0 Å². The van der Waals surface area contributed by atoms with Crippen LogP contribution in [-0.4, -0.2) is 19.5 Å². The third kappa shape index (κ3) is 3.30. The predicted octanol–water partition coefficient (Wildman–Crippen LogP) is 5.46. The molecule has 0 aliphatic rings. The normalized spacial score (nSPS) is 11.2. The SMILES string of the molecule is Cc1cc(-n2ccnc2C)c2c(F)ccc(OCc3c(Cl)cncc3Cl)c2n1. The zero-order valence-corrected chi connectivity index (χ0v) is 16.6. The molecule has 0 fully saturated rings. The van der Waals surface area contributed by atoms with Gasteiger partial charge in [0.1, 0.15) is 29.5 Å². The third-order valence-corrected chi connectivity index (χ3v) is 5.04. The van der Waals surface area contributed by atoms with Gasteiger partial charge < -0.3 is 9.30 Å². The van der Waals surface area contributed by atoms with Crippen molar-refractivity contribution in [2.45, 2.75) is 20.5 Å². The van der Waals surface area contributed by atoms with E-state index < -0.39 is 5.82 Å². The first kappa shape index (κ1) is 18.7. The van der Waals surface area contributed by atoms with E-state index in [2.05, 4.69) is 15.0 Å². The number of aromatic nitrogens is 4. The Hall–Kier alpha value is -2.70. The highest BCUT2D eigenvalue weighted by Gasteiger charge is 2.17. The number of ether oxygens (including phenoxy) is 1. The molecule has 4 aromatic rings. The molecule has 0 aliphatic heterocycles. The molecular formula is C20H15Cl2FN4O. The highest BCUT2D eigenvalue weighted by Crippen LogP contribution is 2.33. The van der Waals surface area contributed by atoms with E-state index in [0.29, 0.717) is 37.9 Å². The molecule has 0 saturated heterocycles. The molecule has 0 radical (unpaired) electrons. The number of hydrogen-bond donors (Lipinski definition) is 0. The van der Waals surface area contributed by atoms with Crippen molar-refractivity contribution < 1.29 is 9.13 Å². The molecule has 1 aromatic carbocycles. The first-order valence-corrected chi connectivity index (χ1v) is 9.22. The number of hydrogen-bond acceptors (Lipinski definition) is 4. The van der Waals surface area contributed by atoms with E-state index in [9.17, 15) is 4.39 Å². The van der Waals surface area contributed by atoms with E-state index in [4.69, 9.17) is 27.9 Å². The van der Waals surface area contributed by atoms with E-state index in [1.54, 1.807) is 18.5 Å². The molecule has 0 amide bonds. The highest BCUT2D eigenvalue weighted by atomic mass is 35.5. The monoisotopic (exact) mass is 416 g/mol. The summed E-state index contributed by atoms with van der Waals surface area (Å²) in [6.07, 6.45) is 6.45. The summed E-state index contributed by atoms with van der Waals surface area (Å²) < 4.78 is 22.5. The Balaban J connectivity index is 1.84. The maximum Gasteiger partial charge on any atom is 0.146 e. The van der Waals surface area contributed by atoms with E-state index in [1.165, 1.54) is 18.5 Å². The summed E-state index contributed by atoms with van der Waals surface area (Å²) in [5.41, 5.74) is 2.41. The Labute approximate surface area is 170 Å². The first-order chi connectivity index (χ1) is 13.5. The molecule has 3 heterocycles. The molecule has 142 valence electrons. The van der Waals surface area contributed by atoms with Crippen LogP contribution < -0.4 is 4.74 Å². The Bertz CT molecular complexity index is 1170. The van der Waals surface area contributed by atoms with Gasteiger partial charge in [-0.15, -0.1) is 0 Å². The van der Waals surface area contributed by atoms with Gasteiger partial charge in [-0.2, -0.15) is 0 Å². The summed E-state index contributed by atoms with van der Waals surface area (Å²) in [6.45, 7) is 3.81. The van der Waals surface area contributed by atoms with Gasteiger partial charge in [0.25, 0.3) is 0 Å². The number of halogens is 3. The van der Waals surface area contributed by atoms with E-state index in [-0.39, 0.29) is 6.61 Å². The second-order valence-corrected chi connectivity index (χ2v) is 7.08. The van der Waals surface area contributed by atoms with Crippen molar-refractivity contribution >= 4 is 34.1 Å². The molecule has 28 heavy (non-hydrogen) atoms. The molecule has 4 rings (SSSR count). The number of fused-ring (bicyclic) bond motifs is 1. The summed E-state index contributed by atoms with van der Waals surface area (Å²) in [6, 6.07) is 4.73. The smallest absolute Gasteiger partial charge is 0.146 e. The molecule has 0 atom stereocenters. The summed E-state index contributed by atoms with van der Waals surface area (Å²) in [7, 11) is 0. The number of nitrogens with zero attached hydrogens (tertiary/aromatic N) is 4. The maximum absolute atomic E-state index is 14.8. The van der Waals surface area contributed by atoms with Crippen molar-refractivity contribution in [1.82, 2.24) is 19.5 Å². The second kappa shape index (κ2) is 7.37. The zero-order valence-electron chi connectivity index (χ0n) is 15.1. The minimum absolute atomic E-state index is 0.107. The number of benzene rings is 1. The first-order valence-electron chi connectivity index (χ1n) is 8.46. The zero-order chi connectivity index (χ0) is 19.8. The van der Waals surface area contributed by atoms with Crippen LogP contribution in [0.2, 0.25) is 10.0 Å². The van der Waals surface area contributed by atoms with Crippen LogP contribution in [0.25, 0.3) is 16.6 Å². The van der Waals surface area contributed by atoms with Crippen LogP contribution in [0.15, 0.2) is 43.0 Å². The number of pyridine rings is 2. The minimum atomic E-state index is -0.391. The van der Waals surface area contributed by atoms with Gasteiger partial charge in [0.05, 0.1) is 21.1 Å². The van der Waals surface area contributed by atoms with Crippen LogP contribution in [0.1, 0.15) is 17.1 Å². The lowest BCUT2D eigenvalue weighted by Gasteiger charge is -2.15. The summed E-state index contributed by atoms with van der Waals surface area (Å²) >= 11 is 12.3. The molecule has 3 aromatic heterocycles. The largest absolute Gasteiger partial charge is 0.487 e. The van der Waals surface area contributed by atoms with E-state index in [0.717, 1.165) is 11.5 Å². The van der Waals surface area contributed by atoms with Crippen molar-refractivity contribution in [2.75, 3.05) is 0 Å². The van der Waals surface area contributed by atoms with Gasteiger partial charge in [-0.3, -0.25) is 4.98 Å². The average Bonchev–Trinajstić information content (AvgIpc) is 3.08. The van der Waals surface area contributed by atoms with Crippen LogP contribution in [0.4, 0.5) is 4.39 Å². The molecule has 0 spiro atoms.